The molecule has 0 aromatic rings. The van der Waals surface area contributed by atoms with Gasteiger partial charge in [0.2, 0.25) is 5.91 Å². The molecule has 4 heteroatoms. The van der Waals surface area contributed by atoms with E-state index in [1.165, 1.54) is 0 Å². The largest absolute Gasteiger partial charge is 0.377 e. The molecule has 0 bridgehead atoms. The number of hydrogen-bond acceptors (Lipinski definition) is 3. The van der Waals surface area contributed by atoms with E-state index in [1.807, 2.05) is 20.9 Å². The van der Waals surface area contributed by atoms with Crippen molar-refractivity contribution in [2.24, 2.45) is 5.92 Å². The SMILES string of the molecule is CC(C)OCCN(C)C(=O)C1NCCC1C. The molecule has 1 heterocycles. The van der Waals surface area contributed by atoms with Crippen molar-refractivity contribution >= 4 is 5.91 Å². The summed E-state index contributed by atoms with van der Waals surface area (Å²) < 4.78 is 5.44. The van der Waals surface area contributed by atoms with Gasteiger partial charge in [-0.2, -0.15) is 0 Å². The van der Waals surface area contributed by atoms with E-state index in [0.29, 0.717) is 19.1 Å². The van der Waals surface area contributed by atoms with Gasteiger partial charge >= 0.3 is 0 Å². The Morgan fingerprint density at radius 3 is 2.75 bits per heavy atom. The van der Waals surface area contributed by atoms with Gasteiger partial charge in [-0.05, 0) is 32.7 Å². The second kappa shape index (κ2) is 6.21. The summed E-state index contributed by atoms with van der Waals surface area (Å²) in [5.74, 6) is 0.637. The third kappa shape index (κ3) is 3.76. The molecule has 0 saturated carbocycles. The van der Waals surface area contributed by atoms with Crippen LogP contribution in [-0.2, 0) is 9.53 Å². The third-order valence-electron chi connectivity index (χ3n) is 3.05. The Morgan fingerprint density at radius 2 is 2.25 bits per heavy atom. The Hall–Kier alpha value is -0.610. The first kappa shape index (κ1) is 13.5. The van der Waals surface area contributed by atoms with Gasteiger partial charge in [-0.25, -0.2) is 0 Å². The fourth-order valence-electron chi connectivity index (χ4n) is 1.94. The first-order valence-electron chi connectivity index (χ1n) is 6.12. The quantitative estimate of drug-likeness (QED) is 0.759. The number of hydrogen-bond donors (Lipinski definition) is 1. The lowest BCUT2D eigenvalue weighted by Gasteiger charge is -2.23. The number of carbonyl (C=O) groups is 1. The molecular weight excluding hydrogens is 204 g/mol. The number of nitrogens with zero attached hydrogens (tertiary/aromatic N) is 1. The second-order valence-electron chi connectivity index (χ2n) is 4.88. The number of nitrogens with one attached hydrogen (secondary N) is 1. The van der Waals surface area contributed by atoms with Crippen molar-refractivity contribution in [2.75, 3.05) is 26.7 Å². The molecule has 16 heavy (non-hydrogen) atoms. The molecule has 0 aromatic carbocycles. The van der Waals surface area contributed by atoms with Crippen LogP contribution in [0.4, 0.5) is 0 Å². The number of ether oxygens (including phenoxy) is 1. The smallest absolute Gasteiger partial charge is 0.239 e. The predicted molar refractivity (Wildman–Crippen MR) is 64.3 cm³/mol. The summed E-state index contributed by atoms with van der Waals surface area (Å²) in [7, 11) is 1.85. The first-order chi connectivity index (χ1) is 7.52. The number of rotatable bonds is 5. The van der Waals surface area contributed by atoms with Crippen molar-refractivity contribution in [1.29, 1.82) is 0 Å². The molecule has 94 valence electrons. The Balaban J connectivity index is 2.30. The maximum atomic E-state index is 12.0. The highest BCUT2D eigenvalue weighted by Crippen LogP contribution is 2.15. The number of likely N-dealkylation sites (N-methyl/N-ethyl adjacent to an activating group) is 1. The van der Waals surface area contributed by atoms with E-state index in [9.17, 15) is 4.79 Å². The number of amides is 1. The summed E-state index contributed by atoms with van der Waals surface area (Å²) >= 11 is 0. The Kier molecular flexibility index (Phi) is 5.22. The van der Waals surface area contributed by atoms with Gasteiger partial charge in [-0.1, -0.05) is 6.92 Å². The minimum atomic E-state index is 0.00375. The average molecular weight is 228 g/mol. The first-order valence-corrected chi connectivity index (χ1v) is 6.12. The minimum absolute atomic E-state index is 0.00375. The van der Waals surface area contributed by atoms with Crippen molar-refractivity contribution in [1.82, 2.24) is 10.2 Å². The topological polar surface area (TPSA) is 41.6 Å². The zero-order valence-electron chi connectivity index (χ0n) is 10.8. The van der Waals surface area contributed by atoms with Crippen LogP contribution in [0.3, 0.4) is 0 Å². The van der Waals surface area contributed by atoms with Gasteiger partial charge in [0.05, 0.1) is 18.8 Å². The second-order valence-corrected chi connectivity index (χ2v) is 4.88. The summed E-state index contributed by atoms with van der Waals surface area (Å²) in [5.41, 5.74) is 0. The Labute approximate surface area is 98.3 Å². The van der Waals surface area contributed by atoms with Crippen molar-refractivity contribution in [3.63, 3.8) is 0 Å². The maximum Gasteiger partial charge on any atom is 0.239 e. The molecule has 2 atom stereocenters. The highest BCUT2D eigenvalue weighted by Gasteiger charge is 2.30. The molecule has 2 unspecified atom stereocenters. The summed E-state index contributed by atoms with van der Waals surface area (Å²) in [6.45, 7) is 8.36. The van der Waals surface area contributed by atoms with Crippen LogP contribution in [-0.4, -0.2) is 49.7 Å². The van der Waals surface area contributed by atoms with E-state index in [1.54, 1.807) is 4.90 Å². The lowest BCUT2D eigenvalue weighted by molar-refractivity contribution is -0.133. The summed E-state index contributed by atoms with van der Waals surface area (Å²) in [6.07, 6.45) is 1.32. The molecule has 1 N–H and O–H groups in total. The van der Waals surface area contributed by atoms with Gasteiger partial charge in [-0.15, -0.1) is 0 Å². The Bertz CT molecular complexity index is 231. The number of carbonyl (C=O) groups excluding carboxylic acids is 1. The van der Waals surface area contributed by atoms with E-state index in [4.69, 9.17) is 4.74 Å². The molecule has 0 aromatic heterocycles. The highest BCUT2D eigenvalue weighted by molar-refractivity contribution is 5.82. The molecular formula is C12H24N2O2. The molecule has 0 aliphatic carbocycles. The lowest BCUT2D eigenvalue weighted by atomic mass is 10.0. The highest BCUT2D eigenvalue weighted by atomic mass is 16.5. The predicted octanol–water partition coefficient (Wildman–Crippen LogP) is 0.868. The van der Waals surface area contributed by atoms with Crippen molar-refractivity contribution in [2.45, 2.75) is 39.3 Å². The van der Waals surface area contributed by atoms with Crippen LogP contribution in [0.25, 0.3) is 0 Å². The van der Waals surface area contributed by atoms with Crippen LogP contribution >= 0.6 is 0 Å². The van der Waals surface area contributed by atoms with E-state index in [-0.39, 0.29) is 18.1 Å². The van der Waals surface area contributed by atoms with Crippen LogP contribution in [0.2, 0.25) is 0 Å². The average Bonchev–Trinajstić information content (AvgIpc) is 2.62. The normalized spacial score (nSPS) is 25.1. The van der Waals surface area contributed by atoms with Crippen molar-refractivity contribution < 1.29 is 9.53 Å². The summed E-state index contributed by atoms with van der Waals surface area (Å²) in [4.78, 5) is 13.8. The van der Waals surface area contributed by atoms with Gasteiger partial charge in [0.15, 0.2) is 0 Å². The molecule has 1 saturated heterocycles. The van der Waals surface area contributed by atoms with E-state index in [2.05, 4.69) is 12.2 Å². The van der Waals surface area contributed by atoms with E-state index in [0.717, 1.165) is 13.0 Å². The standard InChI is InChI=1S/C12H24N2O2/c1-9(2)16-8-7-14(4)12(15)11-10(3)5-6-13-11/h9-11,13H,5-8H2,1-4H3. The van der Waals surface area contributed by atoms with Crippen LogP contribution in [0.1, 0.15) is 27.2 Å². The third-order valence-corrected chi connectivity index (χ3v) is 3.05. The minimum Gasteiger partial charge on any atom is -0.377 e. The zero-order chi connectivity index (χ0) is 12.1. The molecule has 0 spiro atoms. The molecule has 1 aliphatic heterocycles. The maximum absolute atomic E-state index is 12.0. The molecule has 4 nitrogen and oxygen atoms in total. The van der Waals surface area contributed by atoms with Crippen LogP contribution < -0.4 is 5.32 Å². The van der Waals surface area contributed by atoms with Crippen LogP contribution in [0, 0.1) is 5.92 Å². The van der Waals surface area contributed by atoms with Gasteiger partial charge < -0.3 is 15.0 Å². The van der Waals surface area contributed by atoms with Gasteiger partial charge in [0.1, 0.15) is 0 Å². The monoisotopic (exact) mass is 228 g/mol. The molecule has 1 aliphatic rings. The van der Waals surface area contributed by atoms with Crippen molar-refractivity contribution in [3.05, 3.63) is 0 Å². The van der Waals surface area contributed by atoms with Gasteiger partial charge in [-0.3, -0.25) is 4.79 Å². The summed E-state index contributed by atoms with van der Waals surface area (Å²) in [5, 5.41) is 3.25. The van der Waals surface area contributed by atoms with E-state index < -0.39 is 0 Å². The molecule has 1 amide bonds. The fraction of sp³-hybridized carbons (Fsp3) is 0.917. The summed E-state index contributed by atoms with van der Waals surface area (Å²) in [6, 6.07) is 0.00375. The van der Waals surface area contributed by atoms with Crippen molar-refractivity contribution in [3.8, 4) is 0 Å². The zero-order valence-corrected chi connectivity index (χ0v) is 10.8. The van der Waals surface area contributed by atoms with Gasteiger partial charge in [0, 0.05) is 13.6 Å². The van der Waals surface area contributed by atoms with Crippen LogP contribution in [0.15, 0.2) is 0 Å². The lowest BCUT2D eigenvalue weighted by Crippen LogP contribution is -2.45. The molecule has 0 radical (unpaired) electrons. The fourth-order valence-corrected chi connectivity index (χ4v) is 1.94. The van der Waals surface area contributed by atoms with E-state index >= 15 is 0 Å². The van der Waals surface area contributed by atoms with Gasteiger partial charge in [0.25, 0.3) is 0 Å². The van der Waals surface area contributed by atoms with Crippen LogP contribution in [0.5, 0.6) is 0 Å². The Morgan fingerprint density at radius 1 is 1.56 bits per heavy atom. The molecule has 1 fully saturated rings. The molecule has 1 rings (SSSR count).